The minimum Gasteiger partial charge on any atom is -0.350 e. The molecule has 106 valence electrons. The van der Waals surface area contributed by atoms with Gasteiger partial charge in [-0.25, -0.2) is 0 Å². The van der Waals surface area contributed by atoms with Crippen LogP contribution in [0.1, 0.15) is 5.56 Å². The number of hydrogen-bond donors (Lipinski definition) is 1. The molecule has 0 bridgehead atoms. The highest BCUT2D eigenvalue weighted by molar-refractivity contribution is 7.16. The summed E-state index contributed by atoms with van der Waals surface area (Å²) in [5, 5.41) is 2.80. The predicted molar refractivity (Wildman–Crippen MR) is 82.2 cm³/mol. The number of para-hydroxylation sites is 1. The van der Waals surface area contributed by atoms with Gasteiger partial charge in [-0.1, -0.05) is 29.5 Å². The second-order valence-electron chi connectivity index (χ2n) is 4.56. The molecule has 0 saturated carbocycles. The van der Waals surface area contributed by atoms with Gasteiger partial charge in [0, 0.05) is 18.9 Å². The van der Waals surface area contributed by atoms with E-state index in [1.807, 2.05) is 36.4 Å². The lowest BCUT2D eigenvalue weighted by atomic mass is 10.3. The molecule has 0 unspecified atom stereocenters. The Bertz CT molecular complexity index is 824. The van der Waals surface area contributed by atoms with Gasteiger partial charge in [-0.3, -0.25) is 19.1 Å². The Morgan fingerprint density at radius 2 is 2.10 bits per heavy atom. The molecule has 0 aliphatic carbocycles. The van der Waals surface area contributed by atoms with Crippen molar-refractivity contribution in [1.29, 1.82) is 0 Å². The zero-order valence-electron chi connectivity index (χ0n) is 11.2. The van der Waals surface area contributed by atoms with Crippen LogP contribution in [0.2, 0.25) is 0 Å². The SMILES string of the molecule is O=C(Cn1c(=O)sc2ccccc21)NCc1cccnc1. The van der Waals surface area contributed by atoms with Crippen molar-refractivity contribution in [3.63, 3.8) is 0 Å². The summed E-state index contributed by atoms with van der Waals surface area (Å²) in [5.74, 6) is -0.190. The summed E-state index contributed by atoms with van der Waals surface area (Å²) in [6.45, 7) is 0.437. The van der Waals surface area contributed by atoms with Gasteiger partial charge in [0.2, 0.25) is 5.91 Å². The van der Waals surface area contributed by atoms with Crippen LogP contribution in [0.25, 0.3) is 10.2 Å². The number of nitrogens with zero attached hydrogens (tertiary/aromatic N) is 2. The first-order valence-corrected chi connectivity index (χ1v) is 7.29. The number of carbonyl (C=O) groups excluding carboxylic acids is 1. The first kappa shape index (κ1) is 13.5. The molecule has 1 aromatic carbocycles. The average Bonchev–Trinajstić information content (AvgIpc) is 2.82. The lowest BCUT2D eigenvalue weighted by molar-refractivity contribution is -0.121. The molecule has 21 heavy (non-hydrogen) atoms. The van der Waals surface area contributed by atoms with E-state index in [1.54, 1.807) is 12.4 Å². The summed E-state index contributed by atoms with van der Waals surface area (Å²) >= 11 is 1.15. The Morgan fingerprint density at radius 3 is 2.90 bits per heavy atom. The average molecular weight is 299 g/mol. The summed E-state index contributed by atoms with van der Waals surface area (Å²) in [7, 11) is 0. The third-order valence-electron chi connectivity index (χ3n) is 3.09. The monoisotopic (exact) mass is 299 g/mol. The van der Waals surface area contributed by atoms with Crippen LogP contribution in [0.3, 0.4) is 0 Å². The maximum absolute atomic E-state index is 12.0. The van der Waals surface area contributed by atoms with Crippen LogP contribution in [-0.2, 0) is 17.9 Å². The first-order chi connectivity index (χ1) is 10.2. The van der Waals surface area contributed by atoms with Crippen LogP contribution in [0.5, 0.6) is 0 Å². The fraction of sp³-hybridized carbons (Fsp3) is 0.133. The van der Waals surface area contributed by atoms with E-state index >= 15 is 0 Å². The molecule has 0 radical (unpaired) electrons. The Balaban J connectivity index is 1.72. The second kappa shape index (κ2) is 5.88. The van der Waals surface area contributed by atoms with E-state index in [4.69, 9.17) is 0 Å². The summed E-state index contributed by atoms with van der Waals surface area (Å²) in [4.78, 5) is 27.8. The first-order valence-electron chi connectivity index (χ1n) is 6.48. The summed E-state index contributed by atoms with van der Waals surface area (Å²) in [6, 6.07) is 11.2. The smallest absolute Gasteiger partial charge is 0.308 e. The Labute approximate surface area is 124 Å². The van der Waals surface area contributed by atoms with Crippen molar-refractivity contribution in [2.45, 2.75) is 13.1 Å². The molecule has 6 heteroatoms. The number of thiazole rings is 1. The molecule has 1 amide bonds. The highest BCUT2D eigenvalue weighted by Crippen LogP contribution is 2.16. The van der Waals surface area contributed by atoms with Gasteiger partial charge in [0.05, 0.1) is 10.2 Å². The number of rotatable bonds is 4. The zero-order chi connectivity index (χ0) is 14.7. The second-order valence-corrected chi connectivity index (χ2v) is 5.55. The molecule has 0 fully saturated rings. The van der Waals surface area contributed by atoms with Gasteiger partial charge in [-0.05, 0) is 23.8 Å². The van der Waals surface area contributed by atoms with E-state index in [9.17, 15) is 9.59 Å². The van der Waals surface area contributed by atoms with E-state index in [0.29, 0.717) is 6.54 Å². The maximum atomic E-state index is 12.0. The molecule has 5 nitrogen and oxygen atoms in total. The number of benzene rings is 1. The van der Waals surface area contributed by atoms with E-state index in [2.05, 4.69) is 10.3 Å². The molecule has 0 saturated heterocycles. The minimum absolute atomic E-state index is 0.0309. The van der Waals surface area contributed by atoms with E-state index in [1.165, 1.54) is 4.57 Å². The van der Waals surface area contributed by atoms with E-state index in [-0.39, 0.29) is 17.3 Å². The molecular formula is C15H13N3O2S. The number of nitrogens with one attached hydrogen (secondary N) is 1. The maximum Gasteiger partial charge on any atom is 0.308 e. The highest BCUT2D eigenvalue weighted by Gasteiger charge is 2.10. The van der Waals surface area contributed by atoms with E-state index in [0.717, 1.165) is 27.1 Å². The number of carbonyl (C=O) groups is 1. The van der Waals surface area contributed by atoms with Gasteiger partial charge >= 0.3 is 4.87 Å². The standard InChI is InChI=1S/C15H13N3O2S/c19-14(17-9-11-4-3-7-16-8-11)10-18-12-5-1-2-6-13(12)21-15(18)20/h1-8H,9-10H2,(H,17,19). The minimum atomic E-state index is -0.190. The van der Waals surface area contributed by atoms with Crippen molar-refractivity contribution in [3.05, 3.63) is 64.0 Å². The van der Waals surface area contributed by atoms with Crippen molar-refractivity contribution in [2.24, 2.45) is 0 Å². The summed E-state index contributed by atoms with van der Waals surface area (Å²) < 4.78 is 2.39. The molecule has 0 aliphatic heterocycles. The Hall–Kier alpha value is -2.47. The third kappa shape index (κ3) is 3.00. The quantitative estimate of drug-likeness (QED) is 0.798. The van der Waals surface area contributed by atoms with Crippen LogP contribution >= 0.6 is 11.3 Å². The lowest BCUT2D eigenvalue weighted by Gasteiger charge is -2.06. The van der Waals surface area contributed by atoms with Gasteiger partial charge in [0.25, 0.3) is 0 Å². The topological polar surface area (TPSA) is 64.0 Å². The normalized spacial score (nSPS) is 10.7. The molecule has 2 aromatic heterocycles. The van der Waals surface area contributed by atoms with Crippen molar-refractivity contribution < 1.29 is 4.79 Å². The van der Waals surface area contributed by atoms with Crippen LogP contribution in [0.4, 0.5) is 0 Å². The van der Waals surface area contributed by atoms with Crippen LogP contribution < -0.4 is 10.2 Å². The number of fused-ring (bicyclic) bond motifs is 1. The molecule has 3 aromatic rings. The fourth-order valence-electron chi connectivity index (χ4n) is 2.07. The third-order valence-corrected chi connectivity index (χ3v) is 4.05. The van der Waals surface area contributed by atoms with Crippen LogP contribution in [0.15, 0.2) is 53.6 Å². The Kier molecular flexibility index (Phi) is 3.79. The van der Waals surface area contributed by atoms with Crippen molar-refractivity contribution in [1.82, 2.24) is 14.9 Å². The van der Waals surface area contributed by atoms with E-state index < -0.39 is 0 Å². The van der Waals surface area contributed by atoms with Gasteiger partial charge in [0.1, 0.15) is 6.54 Å². The lowest BCUT2D eigenvalue weighted by Crippen LogP contribution is -2.30. The zero-order valence-corrected chi connectivity index (χ0v) is 12.0. The molecule has 3 rings (SSSR count). The van der Waals surface area contributed by atoms with Gasteiger partial charge in [0.15, 0.2) is 0 Å². The van der Waals surface area contributed by atoms with Crippen LogP contribution in [0, 0.1) is 0 Å². The molecule has 0 spiro atoms. The predicted octanol–water partition coefficient (Wildman–Crippen LogP) is 1.77. The van der Waals surface area contributed by atoms with Gasteiger partial charge in [-0.15, -0.1) is 0 Å². The largest absolute Gasteiger partial charge is 0.350 e. The van der Waals surface area contributed by atoms with Gasteiger partial charge in [-0.2, -0.15) is 0 Å². The molecule has 0 aliphatic rings. The highest BCUT2D eigenvalue weighted by atomic mass is 32.1. The molecule has 0 atom stereocenters. The Morgan fingerprint density at radius 1 is 1.24 bits per heavy atom. The van der Waals surface area contributed by atoms with Crippen molar-refractivity contribution in [3.8, 4) is 0 Å². The summed E-state index contributed by atoms with van der Waals surface area (Å²) in [5.41, 5.74) is 1.72. The number of hydrogen-bond acceptors (Lipinski definition) is 4. The molecule has 1 N–H and O–H groups in total. The molecule has 2 heterocycles. The number of pyridine rings is 1. The number of aromatic nitrogens is 2. The van der Waals surface area contributed by atoms with Crippen molar-refractivity contribution in [2.75, 3.05) is 0 Å². The fourth-order valence-corrected chi connectivity index (χ4v) is 2.96. The van der Waals surface area contributed by atoms with Crippen LogP contribution in [-0.4, -0.2) is 15.5 Å². The number of amides is 1. The summed E-state index contributed by atoms with van der Waals surface area (Å²) in [6.07, 6.45) is 3.38. The van der Waals surface area contributed by atoms with Crippen molar-refractivity contribution >= 4 is 27.5 Å². The van der Waals surface area contributed by atoms with Gasteiger partial charge < -0.3 is 5.32 Å². The molecular weight excluding hydrogens is 286 g/mol.